The van der Waals surface area contributed by atoms with Gasteiger partial charge < -0.3 is 37.3 Å². The highest BCUT2D eigenvalue weighted by Crippen LogP contribution is 2.39. The molecule has 3 aromatic carbocycles. The van der Waals surface area contributed by atoms with E-state index in [9.17, 15) is 14.4 Å². The fourth-order valence-corrected chi connectivity index (χ4v) is 7.77. The van der Waals surface area contributed by atoms with E-state index in [-0.39, 0.29) is 30.7 Å². The molecular weight excluding hydrogens is 681 g/mol. The van der Waals surface area contributed by atoms with Gasteiger partial charge in [-0.3, -0.25) is 14.4 Å². The molecule has 8 N–H and O–H groups in total. The third kappa shape index (κ3) is 9.16. The van der Waals surface area contributed by atoms with Crippen molar-refractivity contribution in [1.82, 2.24) is 25.8 Å². The number of para-hydroxylation sites is 1. The average molecular weight is 725 g/mol. The first kappa shape index (κ1) is 36.7. The summed E-state index contributed by atoms with van der Waals surface area (Å²) >= 11 is 14.7. The molecule has 0 saturated carbocycles. The van der Waals surface area contributed by atoms with Crippen LogP contribution in [-0.4, -0.2) is 65.9 Å². The van der Waals surface area contributed by atoms with Crippen molar-refractivity contribution in [2.24, 2.45) is 11.5 Å². The fraction of sp³-hybridized carbons (Fsp3) is 0.361. The van der Waals surface area contributed by atoms with Crippen molar-refractivity contribution in [2.75, 3.05) is 20.1 Å². The number of H-pyrrole nitrogens is 1. The lowest BCUT2D eigenvalue weighted by molar-refractivity contribution is -0.142. The number of hydrogen-bond acceptors (Lipinski definition) is 7. The Kier molecular flexibility index (Phi) is 13.0. The maximum absolute atomic E-state index is 14.3. The average Bonchev–Trinajstić information content (AvgIpc) is 3.51. The molecule has 0 unspecified atom stereocenters. The topological polar surface area (TPSA) is 158 Å². The number of hydrogen-bond donors (Lipinski definition) is 6. The molecule has 0 saturated heterocycles. The number of carbonyl (C=O) groups excluding carboxylic acids is 3. The third-order valence-corrected chi connectivity index (χ3v) is 10.7. The van der Waals surface area contributed by atoms with E-state index in [0.717, 1.165) is 37.4 Å². The number of carbonyl (C=O) groups is 3. The minimum atomic E-state index is -0.905. The van der Waals surface area contributed by atoms with Crippen LogP contribution >= 0.6 is 35.0 Å². The molecule has 260 valence electrons. The number of amides is 3. The van der Waals surface area contributed by atoms with E-state index in [1.165, 1.54) is 16.7 Å². The second kappa shape index (κ2) is 17.4. The van der Waals surface area contributed by atoms with E-state index in [0.29, 0.717) is 55.4 Å². The Balaban J connectivity index is 1.57. The van der Waals surface area contributed by atoms with Gasteiger partial charge in [-0.15, -0.1) is 0 Å². The van der Waals surface area contributed by atoms with Crippen LogP contribution in [0.4, 0.5) is 0 Å². The monoisotopic (exact) mass is 723 g/mol. The molecule has 0 fully saturated rings. The van der Waals surface area contributed by atoms with E-state index in [1.807, 2.05) is 54.7 Å². The maximum Gasteiger partial charge on any atom is 0.245 e. The number of likely N-dealkylation sites (N-methyl/N-ethyl adjacent to an activating group) is 1. The molecule has 49 heavy (non-hydrogen) atoms. The van der Waals surface area contributed by atoms with Gasteiger partial charge in [0, 0.05) is 58.5 Å². The molecule has 5 rings (SSSR count). The van der Waals surface area contributed by atoms with Gasteiger partial charge in [0.1, 0.15) is 12.1 Å². The van der Waals surface area contributed by atoms with Crippen LogP contribution in [0.15, 0.2) is 76.7 Å². The number of nitrogens with two attached hydrogens (primary N) is 2. The number of benzene rings is 3. The molecule has 0 aliphatic carbocycles. The van der Waals surface area contributed by atoms with Crippen molar-refractivity contribution in [3.05, 3.63) is 93.6 Å². The minimum absolute atomic E-state index is 0.128. The van der Waals surface area contributed by atoms with E-state index in [4.69, 9.17) is 34.7 Å². The number of nitrogens with one attached hydrogen (secondary N) is 4. The van der Waals surface area contributed by atoms with Crippen LogP contribution in [0.1, 0.15) is 42.4 Å². The highest BCUT2D eigenvalue weighted by atomic mass is 35.5. The molecule has 2 heterocycles. The summed E-state index contributed by atoms with van der Waals surface area (Å²) < 4.78 is 0. The summed E-state index contributed by atoms with van der Waals surface area (Å²) in [4.78, 5) is 48.7. The zero-order valence-corrected chi connectivity index (χ0v) is 29.8. The molecule has 3 amide bonds. The molecule has 10 nitrogen and oxygen atoms in total. The lowest BCUT2D eigenvalue weighted by Crippen LogP contribution is -2.57. The first-order valence-corrected chi connectivity index (χ1v) is 18.0. The Morgan fingerprint density at radius 1 is 0.878 bits per heavy atom. The van der Waals surface area contributed by atoms with Crippen molar-refractivity contribution >= 4 is 63.6 Å². The molecule has 3 atom stereocenters. The molecule has 13 heteroatoms. The number of halogens is 2. The number of aromatic nitrogens is 1. The number of fused-ring (bicyclic) bond motifs is 3. The van der Waals surface area contributed by atoms with Crippen LogP contribution in [0.25, 0.3) is 10.9 Å². The number of nitrogens with zero attached hydrogens (tertiary/aromatic N) is 1. The van der Waals surface area contributed by atoms with Gasteiger partial charge >= 0.3 is 0 Å². The third-order valence-electron chi connectivity index (χ3n) is 8.79. The molecule has 1 aliphatic rings. The van der Waals surface area contributed by atoms with E-state index < -0.39 is 18.1 Å². The van der Waals surface area contributed by atoms with Crippen molar-refractivity contribution < 1.29 is 14.4 Å². The summed E-state index contributed by atoms with van der Waals surface area (Å²) in [6.07, 6.45) is 4.02. The molecule has 4 aromatic rings. The van der Waals surface area contributed by atoms with Crippen LogP contribution < -0.4 is 27.4 Å². The lowest BCUT2D eigenvalue weighted by atomic mass is 10.0. The predicted octanol–water partition coefficient (Wildman–Crippen LogP) is 4.75. The SMILES string of the molecule is CN1C(=O)[C@H](CCCN)NC(=O)[C@H](CCCN)NCc2ccccc2Sc2c(Cl)cc(Cl)cc2CNC(=O)[C@@H]1Cc1c[nH]c2ccccc12. The Morgan fingerprint density at radius 3 is 2.37 bits per heavy atom. The van der Waals surface area contributed by atoms with E-state index in [1.54, 1.807) is 19.2 Å². The fourth-order valence-electron chi connectivity index (χ4n) is 6.07. The highest BCUT2D eigenvalue weighted by Gasteiger charge is 2.34. The molecule has 0 spiro atoms. The van der Waals surface area contributed by atoms with Crippen LogP contribution in [0, 0.1) is 0 Å². The molecule has 1 aliphatic heterocycles. The van der Waals surface area contributed by atoms with Crippen LogP contribution in [0.3, 0.4) is 0 Å². The standard InChI is InChI=1S/C36H43Cl2N7O3S/c1-45-31(17-23-20-41-28-10-4-3-9-26(23)28)35(47)43-21-24-16-25(37)18-27(38)33(24)49-32-13-5-2-8-22(32)19-42-29(11-6-14-39)34(46)44-30(36(45)48)12-7-15-40/h2-5,8-10,13,16,18,20,29-31,41-42H,6-7,11-12,14-15,17,19,21,39-40H2,1H3,(H,43,47)(H,44,46)/t29-,30-,31-/m0/s1. The molecule has 1 aromatic heterocycles. The van der Waals surface area contributed by atoms with Crippen LogP contribution in [-0.2, 0) is 33.9 Å². The second-order valence-corrected chi connectivity index (χ2v) is 14.1. The van der Waals surface area contributed by atoms with Crippen molar-refractivity contribution in [3.8, 4) is 0 Å². The quantitative estimate of drug-likeness (QED) is 0.153. The Bertz CT molecular complexity index is 1780. The molecule has 0 bridgehead atoms. The summed E-state index contributed by atoms with van der Waals surface area (Å²) in [6.45, 7) is 1.27. The van der Waals surface area contributed by atoms with Crippen molar-refractivity contribution in [3.63, 3.8) is 0 Å². The summed E-state index contributed by atoms with van der Waals surface area (Å²) in [7, 11) is 1.61. The van der Waals surface area contributed by atoms with E-state index in [2.05, 4.69) is 20.9 Å². The zero-order chi connectivity index (χ0) is 34.9. The van der Waals surface area contributed by atoms with Gasteiger partial charge in [-0.1, -0.05) is 71.4 Å². The first-order chi connectivity index (χ1) is 23.7. The zero-order valence-electron chi connectivity index (χ0n) is 27.4. The summed E-state index contributed by atoms with van der Waals surface area (Å²) in [5.41, 5.74) is 15.2. The largest absolute Gasteiger partial charge is 0.361 e. The highest BCUT2D eigenvalue weighted by molar-refractivity contribution is 7.99. The summed E-state index contributed by atoms with van der Waals surface area (Å²) in [5.74, 6) is -1.05. The van der Waals surface area contributed by atoms with Crippen LogP contribution in [0.5, 0.6) is 0 Å². The van der Waals surface area contributed by atoms with Gasteiger partial charge in [0.15, 0.2) is 0 Å². The van der Waals surface area contributed by atoms with Gasteiger partial charge in [-0.25, -0.2) is 0 Å². The summed E-state index contributed by atoms with van der Waals surface area (Å²) in [6, 6.07) is 16.7. The Morgan fingerprint density at radius 2 is 1.59 bits per heavy atom. The second-order valence-electron chi connectivity index (χ2n) is 12.2. The number of rotatable bonds is 8. The predicted molar refractivity (Wildman–Crippen MR) is 197 cm³/mol. The van der Waals surface area contributed by atoms with Gasteiger partial charge in [-0.2, -0.15) is 0 Å². The van der Waals surface area contributed by atoms with Gasteiger partial charge in [-0.05, 0) is 79.7 Å². The minimum Gasteiger partial charge on any atom is -0.361 e. The lowest BCUT2D eigenvalue weighted by Gasteiger charge is -2.32. The first-order valence-electron chi connectivity index (χ1n) is 16.5. The van der Waals surface area contributed by atoms with E-state index >= 15 is 0 Å². The smallest absolute Gasteiger partial charge is 0.245 e. The molecule has 0 radical (unpaired) electrons. The molecular formula is C36H43Cl2N7O3S. The van der Waals surface area contributed by atoms with Crippen molar-refractivity contribution in [2.45, 2.75) is 73.1 Å². The normalized spacial score (nSPS) is 19.6. The van der Waals surface area contributed by atoms with Gasteiger partial charge in [0.25, 0.3) is 0 Å². The van der Waals surface area contributed by atoms with Gasteiger partial charge in [0.05, 0.1) is 11.1 Å². The Hall–Kier alpha value is -3.58. The summed E-state index contributed by atoms with van der Waals surface area (Å²) in [5, 5.41) is 11.3. The number of aromatic amines is 1. The van der Waals surface area contributed by atoms with Crippen LogP contribution in [0.2, 0.25) is 10.0 Å². The maximum atomic E-state index is 14.3. The van der Waals surface area contributed by atoms with Gasteiger partial charge in [0.2, 0.25) is 17.7 Å². The van der Waals surface area contributed by atoms with Crippen molar-refractivity contribution in [1.29, 1.82) is 0 Å². The Labute approximate surface area is 301 Å².